The molecule has 1 saturated heterocycles. The molecule has 0 saturated carbocycles. The molecule has 0 bridgehead atoms. The van der Waals surface area contributed by atoms with E-state index in [4.69, 9.17) is 23.7 Å². The molecule has 2 aliphatic rings. The number of rotatable bonds is 7. The van der Waals surface area contributed by atoms with E-state index >= 15 is 0 Å². The van der Waals surface area contributed by atoms with Crippen molar-refractivity contribution in [1.82, 2.24) is 4.90 Å². The number of esters is 2. The van der Waals surface area contributed by atoms with Gasteiger partial charge in [0, 0.05) is 25.6 Å². The largest absolute Gasteiger partial charge is 0.493 e. The molecule has 2 aliphatic heterocycles. The van der Waals surface area contributed by atoms with Crippen molar-refractivity contribution in [3.63, 3.8) is 0 Å². The van der Waals surface area contributed by atoms with E-state index in [1.54, 1.807) is 42.6 Å². The van der Waals surface area contributed by atoms with Crippen LogP contribution in [0.15, 0.2) is 41.7 Å². The molecule has 1 aromatic carbocycles. The molecule has 8 heteroatoms. The number of nitrogens with zero attached hydrogens (tertiary/aromatic N) is 1. The fourth-order valence-electron chi connectivity index (χ4n) is 3.81. The molecule has 2 heterocycles. The SMILES string of the molecule is COC(=O)C1=CN(CC2CCCO2)C=C(C(=O)OC)C1c1ccc(OC)c(OC)c1. The van der Waals surface area contributed by atoms with E-state index in [1.807, 2.05) is 0 Å². The molecule has 30 heavy (non-hydrogen) atoms. The zero-order valence-electron chi connectivity index (χ0n) is 17.7. The minimum Gasteiger partial charge on any atom is -0.493 e. The molecule has 1 atom stereocenters. The number of ether oxygens (including phenoxy) is 5. The van der Waals surface area contributed by atoms with E-state index in [1.165, 1.54) is 21.3 Å². The molecule has 0 amide bonds. The van der Waals surface area contributed by atoms with E-state index in [2.05, 4.69) is 0 Å². The van der Waals surface area contributed by atoms with Crippen LogP contribution >= 0.6 is 0 Å². The van der Waals surface area contributed by atoms with E-state index in [0.29, 0.717) is 41.4 Å². The topological polar surface area (TPSA) is 83.5 Å². The van der Waals surface area contributed by atoms with Crippen LogP contribution in [0.4, 0.5) is 0 Å². The van der Waals surface area contributed by atoms with Gasteiger partial charge in [-0.15, -0.1) is 0 Å². The summed E-state index contributed by atoms with van der Waals surface area (Å²) in [7, 11) is 5.70. The van der Waals surface area contributed by atoms with Gasteiger partial charge in [0.2, 0.25) is 0 Å². The van der Waals surface area contributed by atoms with Crippen LogP contribution in [0.2, 0.25) is 0 Å². The van der Waals surface area contributed by atoms with Gasteiger partial charge in [0.25, 0.3) is 0 Å². The first kappa shape index (κ1) is 21.7. The van der Waals surface area contributed by atoms with Gasteiger partial charge in [-0.25, -0.2) is 9.59 Å². The van der Waals surface area contributed by atoms with Crippen LogP contribution in [0.5, 0.6) is 11.5 Å². The predicted molar refractivity (Wildman–Crippen MR) is 108 cm³/mol. The number of carbonyl (C=O) groups excluding carboxylic acids is 2. The summed E-state index contributed by atoms with van der Waals surface area (Å²) in [5, 5.41) is 0. The first-order chi connectivity index (χ1) is 14.5. The van der Waals surface area contributed by atoms with Gasteiger partial charge < -0.3 is 28.6 Å². The Balaban J connectivity index is 2.06. The fraction of sp³-hybridized carbons (Fsp3) is 0.455. The molecule has 3 rings (SSSR count). The summed E-state index contributed by atoms with van der Waals surface area (Å²) < 4.78 is 26.4. The molecule has 162 valence electrons. The molecular formula is C22H27NO7. The second-order valence-corrected chi connectivity index (χ2v) is 7.03. The van der Waals surface area contributed by atoms with Crippen molar-refractivity contribution in [1.29, 1.82) is 0 Å². The minimum atomic E-state index is -0.676. The molecule has 0 aromatic heterocycles. The summed E-state index contributed by atoms with van der Waals surface area (Å²) in [5.41, 5.74) is 1.33. The van der Waals surface area contributed by atoms with Crippen molar-refractivity contribution >= 4 is 11.9 Å². The molecule has 0 spiro atoms. The summed E-state index contributed by atoms with van der Waals surface area (Å²) >= 11 is 0. The lowest BCUT2D eigenvalue weighted by molar-refractivity contribution is -0.137. The Labute approximate surface area is 176 Å². The molecule has 0 radical (unpaired) electrons. The Hall–Kier alpha value is -3.00. The summed E-state index contributed by atoms with van der Waals surface area (Å²) in [6, 6.07) is 5.26. The van der Waals surface area contributed by atoms with E-state index in [0.717, 1.165) is 12.8 Å². The third-order valence-electron chi connectivity index (χ3n) is 5.25. The number of hydrogen-bond donors (Lipinski definition) is 0. The van der Waals surface area contributed by atoms with Gasteiger partial charge in [0.15, 0.2) is 11.5 Å². The van der Waals surface area contributed by atoms with Crippen molar-refractivity contribution in [2.24, 2.45) is 0 Å². The average Bonchev–Trinajstić information content (AvgIpc) is 3.29. The average molecular weight is 417 g/mol. The highest BCUT2D eigenvalue weighted by atomic mass is 16.5. The zero-order chi connectivity index (χ0) is 21.7. The van der Waals surface area contributed by atoms with Gasteiger partial charge in [0.05, 0.1) is 51.6 Å². The van der Waals surface area contributed by atoms with Crippen molar-refractivity contribution in [3.8, 4) is 11.5 Å². The highest BCUT2D eigenvalue weighted by Crippen LogP contribution is 2.40. The Kier molecular flexibility index (Phi) is 6.99. The monoisotopic (exact) mass is 417 g/mol. The van der Waals surface area contributed by atoms with Crippen LogP contribution in [0.1, 0.15) is 24.3 Å². The highest BCUT2D eigenvalue weighted by Gasteiger charge is 2.36. The molecule has 8 nitrogen and oxygen atoms in total. The van der Waals surface area contributed by atoms with Gasteiger partial charge in [-0.1, -0.05) is 6.07 Å². The number of methoxy groups -OCH3 is 4. The lowest BCUT2D eigenvalue weighted by atomic mass is 9.83. The van der Waals surface area contributed by atoms with Crippen LogP contribution in [0.25, 0.3) is 0 Å². The number of hydrogen-bond acceptors (Lipinski definition) is 8. The predicted octanol–water partition coefficient (Wildman–Crippen LogP) is 2.40. The minimum absolute atomic E-state index is 0.0351. The lowest BCUT2D eigenvalue weighted by Gasteiger charge is -2.31. The molecule has 1 fully saturated rings. The maximum atomic E-state index is 12.7. The lowest BCUT2D eigenvalue weighted by Crippen LogP contribution is -2.32. The van der Waals surface area contributed by atoms with Crippen LogP contribution in [0.3, 0.4) is 0 Å². The second-order valence-electron chi connectivity index (χ2n) is 7.03. The van der Waals surface area contributed by atoms with Crippen LogP contribution in [0, 0.1) is 0 Å². The number of carbonyl (C=O) groups is 2. The third kappa shape index (κ3) is 4.43. The Bertz CT molecular complexity index is 821. The smallest absolute Gasteiger partial charge is 0.336 e. The molecule has 0 aliphatic carbocycles. The van der Waals surface area contributed by atoms with Crippen molar-refractivity contribution in [2.75, 3.05) is 41.6 Å². The highest BCUT2D eigenvalue weighted by molar-refractivity contribution is 5.98. The zero-order valence-corrected chi connectivity index (χ0v) is 17.7. The fourth-order valence-corrected chi connectivity index (χ4v) is 3.81. The van der Waals surface area contributed by atoms with Crippen molar-refractivity contribution in [2.45, 2.75) is 24.9 Å². The quantitative estimate of drug-likeness (QED) is 0.626. The maximum Gasteiger partial charge on any atom is 0.336 e. The summed E-state index contributed by atoms with van der Waals surface area (Å²) in [4.78, 5) is 27.2. The van der Waals surface area contributed by atoms with E-state index in [-0.39, 0.29) is 6.10 Å². The van der Waals surface area contributed by atoms with Crippen LogP contribution < -0.4 is 9.47 Å². The number of benzene rings is 1. The van der Waals surface area contributed by atoms with Gasteiger partial charge in [-0.3, -0.25) is 0 Å². The van der Waals surface area contributed by atoms with E-state index in [9.17, 15) is 9.59 Å². The third-order valence-corrected chi connectivity index (χ3v) is 5.25. The summed E-state index contributed by atoms with van der Waals surface area (Å²) in [6.45, 7) is 1.24. The molecule has 1 unspecified atom stereocenters. The van der Waals surface area contributed by atoms with Crippen molar-refractivity contribution < 1.29 is 33.3 Å². The second kappa shape index (κ2) is 9.67. The first-order valence-electron chi connectivity index (χ1n) is 9.71. The van der Waals surface area contributed by atoms with Crippen molar-refractivity contribution in [3.05, 3.63) is 47.3 Å². The maximum absolute atomic E-state index is 12.7. The molecular weight excluding hydrogens is 390 g/mol. The van der Waals surface area contributed by atoms with Gasteiger partial charge in [0.1, 0.15) is 0 Å². The molecule has 1 aromatic rings. The Morgan fingerprint density at radius 3 is 2.13 bits per heavy atom. The standard InChI is InChI=1S/C22H27NO7/c1-26-18-8-7-14(10-19(18)27-2)20-16(21(24)28-3)12-23(11-15-6-5-9-30-15)13-17(20)22(25)29-4/h7-8,10,12-13,15,20H,5-6,9,11H2,1-4H3. The Morgan fingerprint density at radius 1 is 1.00 bits per heavy atom. The summed E-state index contributed by atoms with van der Waals surface area (Å²) in [5.74, 6) is -0.691. The van der Waals surface area contributed by atoms with E-state index < -0.39 is 17.9 Å². The van der Waals surface area contributed by atoms with Crippen LogP contribution in [-0.4, -0.2) is 64.5 Å². The normalized spacial score (nSPS) is 19.1. The first-order valence-corrected chi connectivity index (χ1v) is 9.71. The van der Waals surface area contributed by atoms with Crippen LogP contribution in [-0.2, 0) is 23.8 Å². The van der Waals surface area contributed by atoms with Gasteiger partial charge >= 0.3 is 11.9 Å². The summed E-state index contributed by atoms with van der Waals surface area (Å²) in [6.07, 6.45) is 5.38. The Morgan fingerprint density at radius 2 is 1.63 bits per heavy atom. The van der Waals surface area contributed by atoms with Gasteiger partial charge in [-0.05, 0) is 30.5 Å². The molecule has 0 N–H and O–H groups in total. The van der Waals surface area contributed by atoms with Gasteiger partial charge in [-0.2, -0.15) is 0 Å².